The number of rotatable bonds is 14. The van der Waals surface area contributed by atoms with Gasteiger partial charge < -0.3 is 31.9 Å². The van der Waals surface area contributed by atoms with Crippen LogP contribution in [0.1, 0.15) is 73.1 Å². The highest BCUT2D eigenvalue weighted by molar-refractivity contribution is 5.98. The Hall–Kier alpha value is -5.46. The third-order valence-corrected chi connectivity index (χ3v) is 11.0. The van der Waals surface area contributed by atoms with Gasteiger partial charge in [0.1, 0.15) is 11.9 Å². The number of halogens is 6. The summed E-state index contributed by atoms with van der Waals surface area (Å²) in [6.45, 7) is 0.525. The largest absolute Gasteiger partial charge is 0.477 e. The van der Waals surface area contributed by atoms with E-state index in [1.165, 1.54) is 36.4 Å². The summed E-state index contributed by atoms with van der Waals surface area (Å²) in [6.07, 6.45) is 4.84. The molecule has 2 saturated carbocycles. The van der Waals surface area contributed by atoms with Crippen molar-refractivity contribution in [2.75, 3.05) is 11.9 Å². The lowest BCUT2D eigenvalue weighted by Crippen LogP contribution is -2.48. The van der Waals surface area contributed by atoms with Crippen molar-refractivity contribution in [3.63, 3.8) is 0 Å². The number of nitrogens with one attached hydrogen (secondary N) is 4. The van der Waals surface area contributed by atoms with Gasteiger partial charge in [0, 0.05) is 29.6 Å². The average Bonchev–Trinajstić information content (AvgIpc) is 3.73. The monoisotopic (exact) mass is 861 g/mol. The second kappa shape index (κ2) is 19.3. The van der Waals surface area contributed by atoms with E-state index < -0.39 is 53.1 Å². The number of nitrogens with zero attached hydrogens (tertiary/aromatic N) is 2. The molecule has 3 aromatic carbocycles. The Labute approximate surface area is 347 Å². The number of carbonyl (C=O) groups is 4. The summed E-state index contributed by atoms with van der Waals surface area (Å²) >= 11 is 0. The van der Waals surface area contributed by atoms with Crippen LogP contribution in [0.2, 0.25) is 0 Å². The molecule has 0 unspecified atom stereocenters. The quantitative estimate of drug-likeness (QED) is 0.0743. The number of aromatic amines is 1. The fraction of sp³-hybridized carbons (Fsp3) is 0.415. The SMILES string of the molecule is Cl.NCC1CCC(C(=O)N[C@@H](Cc2ccc(-c3ccc(C(=O)NC4CCC(O)CC4)c(F)c3)cc2)C(=O)Nc2ccc(-c3n[nH]c(C(F)(F)C(F)(F)C(=O)O)n3)cc2)CC1. The summed E-state index contributed by atoms with van der Waals surface area (Å²) in [7, 11) is 0. The minimum atomic E-state index is -5.45. The number of alkyl halides is 4. The highest BCUT2D eigenvalue weighted by Crippen LogP contribution is 2.42. The number of carboxylic acid groups (broad SMARTS) is 1. The number of aliphatic hydroxyl groups excluding tert-OH is 1. The lowest BCUT2D eigenvalue weighted by Gasteiger charge is -2.28. The molecule has 6 rings (SSSR count). The molecule has 0 spiro atoms. The zero-order chi connectivity index (χ0) is 42.5. The molecule has 1 atom stereocenters. The summed E-state index contributed by atoms with van der Waals surface area (Å²) in [5.41, 5.74) is 7.85. The Morgan fingerprint density at radius 2 is 1.47 bits per heavy atom. The number of H-pyrrole nitrogens is 1. The maximum Gasteiger partial charge on any atom is 0.411 e. The maximum absolute atomic E-state index is 15.2. The number of aromatic nitrogens is 3. The predicted molar refractivity (Wildman–Crippen MR) is 212 cm³/mol. The zero-order valence-corrected chi connectivity index (χ0v) is 32.9. The van der Waals surface area contributed by atoms with Crippen molar-refractivity contribution >= 4 is 41.8 Å². The molecule has 1 heterocycles. The van der Waals surface area contributed by atoms with E-state index in [0.29, 0.717) is 67.7 Å². The van der Waals surface area contributed by atoms with Crippen molar-refractivity contribution < 1.29 is 51.3 Å². The van der Waals surface area contributed by atoms with Gasteiger partial charge in [-0.25, -0.2) is 14.2 Å². The predicted octanol–water partition coefficient (Wildman–Crippen LogP) is 5.98. The standard InChI is InChI=1S/C41H44F5N7O6.ClH/c42-32-20-27(11-18-31(32)36(56)48-29-14-16-30(54)17-15-29)24-5-1-22(2-6-24)19-33(50-35(55)26-7-3-23(21-47)4-8-26)37(57)49-28-12-9-25(10-13-28)34-51-38(53-52-34)40(43,44)41(45,46)39(58)59;/h1-2,5-6,9-13,18,20,23,26,29-30,33,54H,3-4,7-8,14-17,19,21,47H2,(H,48,56)(H,49,57)(H,50,55)(H,58,59)(H,51,52,53);1H/t23?,26?,29?,30?,33-;/m0./s1. The number of amides is 3. The molecule has 19 heteroatoms. The van der Waals surface area contributed by atoms with Gasteiger partial charge in [-0.2, -0.15) is 22.7 Å². The number of hydrogen-bond acceptors (Lipinski definition) is 8. The van der Waals surface area contributed by atoms with Gasteiger partial charge in [-0.15, -0.1) is 12.4 Å². The first kappa shape index (κ1) is 45.6. The number of carboxylic acids is 1. The fourth-order valence-electron chi connectivity index (χ4n) is 7.34. The van der Waals surface area contributed by atoms with Crippen molar-refractivity contribution in [1.29, 1.82) is 0 Å². The molecule has 13 nitrogen and oxygen atoms in total. The fourth-order valence-corrected chi connectivity index (χ4v) is 7.34. The molecule has 2 fully saturated rings. The van der Waals surface area contributed by atoms with Crippen LogP contribution in [-0.2, 0) is 26.7 Å². The van der Waals surface area contributed by atoms with Crippen LogP contribution in [0, 0.1) is 17.7 Å². The molecule has 0 radical (unpaired) electrons. The number of nitrogens with two attached hydrogens (primary N) is 1. The maximum atomic E-state index is 15.2. The third-order valence-electron chi connectivity index (χ3n) is 11.0. The van der Waals surface area contributed by atoms with E-state index in [1.54, 1.807) is 35.4 Å². The van der Waals surface area contributed by atoms with Gasteiger partial charge in [-0.05, 0) is 117 Å². The van der Waals surface area contributed by atoms with Gasteiger partial charge >= 0.3 is 17.8 Å². The normalized spacial score (nSPS) is 20.0. The minimum absolute atomic E-state index is 0. The van der Waals surface area contributed by atoms with Crippen LogP contribution in [0.15, 0.2) is 66.7 Å². The van der Waals surface area contributed by atoms with Crippen LogP contribution in [0.5, 0.6) is 0 Å². The molecule has 0 bridgehead atoms. The number of aliphatic carboxylic acids is 1. The highest BCUT2D eigenvalue weighted by atomic mass is 35.5. The molecule has 0 aliphatic heterocycles. The van der Waals surface area contributed by atoms with E-state index >= 15 is 4.39 Å². The molecule has 60 heavy (non-hydrogen) atoms. The Bertz CT molecular complexity index is 2140. The number of hydrogen-bond donors (Lipinski definition) is 7. The van der Waals surface area contributed by atoms with Crippen molar-refractivity contribution in [3.05, 3.63) is 89.5 Å². The first-order valence-electron chi connectivity index (χ1n) is 19.3. The van der Waals surface area contributed by atoms with Crippen molar-refractivity contribution in [2.24, 2.45) is 17.6 Å². The molecule has 4 aromatic rings. The van der Waals surface area contributed by atoms with E-state index in [0.717, 1.165) is 12.8 Å². The van der Waals surface area contributed by atoms with Crippen LogP contribution >= 0.6 is 12.4 Å². The van der Waals surface area contributed by atoms with Gasteiger partial charge in [0.05, 0.1) is 11.7 Å². The summed E-state index contributed by atoms with van der Waals surface area (Å²) in [6, 6.07) is 15.5. The summed E-state index contributed by atoms with van der Waals surface area (Å²) < 4.78 is 71.0. The second-order valence-electron chi connectivity index (χ2n) is 15.1. The lowest BCUT2D eigenvalue weighted by atomic mass is 9.81. The van der Waals surface area contributed by atoms with Gasteiger partial charge in [-0.3, -0.25) is 19.5 Å². The van der Waals surface area contributed by atoms with Crippen molar-refractivity contribution in [3.8, 4) is 22.5 Å². The van der Waals surface area contributed by atoms with Gasteiger partial charge in [0.25, 0.3) is 5.91 Å². The molecule has 0 saturated heterocycles. The van der Waals surface area contributed by atoms with Gasteiger partial charge in [0.15, 0.2) is 5.82 Å². The molecule has 2 aliphatic carbocycles. The Balaban J connectivity index is 0.00000683. The molecule has 1 aromatic heterocycles. The second-order valence-corrected chi connectivity index (χ2v) is 15.1. The third kappa shape index (κ3) is 10.5. The van der Waals surface area contributed by atoms with E-state index in [1.807, 2.05) is 0 Å². The number of anilines is 1. The van der Waals surface area contributed by atoms with Crippen molar-refractivity contribution in [1.82, 2.24) is 25.8 Å². The van der Waals surface area contributed by atoms with E-state index in [9.17, 15) is 41.8 Å². The Kier molecular flexibility index (Phi) is 14.7. The van der Waals surface area contributed by atoms with Crippen molar-refractivity contribution in [2.45, 2.75) is 87.8 Å². The number of carbonyl (C=O) groups excluding carboxylic acids is 3. The molecular formula is C41H45ClF5N7O6. The number of aliphatic hydroxyl groups is 1. The highest BCUT2D eigenvalue weighted by Gasteiger charge is 2.65. The summed E-state index contributed by atoms with van der Waals surface area (Å²) in [4.78, 5) is 54.1. The number of benzene rings is 3. The Morgan fingerprint density at radius 1 is 0.850 bits per heavy atom. The topological polar surface area (TPSA) is 212 Å². The zero-order valence-electron chi connectivity index (χ0n) is 32.1. The summed E-state index contributed by atoms with van der Waals surface area (Å²) in [5, 5.41) is 31.9. The molecular weight excluding hydrogens is 817 g/mol. The van der Waals surface area contributed by atoms with Crippen LogP contribution < -0.4 is 21.7 Å². The van der Waals surface area contributed by atoms with Gasteiger partial charge in [-0.1, -0.05) is 30.3 Å². The van der Waals surface area contributed by atoms with E-state index in [-0.39, 0.29) is 59.6 Å². The molecule has 8 N–H and O–H groups in total. The van der Waals surface area contributed by atoms with E-state index in [4.69, 9.17) is 10.8 Å². The molecule has 3 amide bonds. The average molecular weight is 862 g/mol. The first-order chi connectivity index (χ1) is 28.0. The smallest absolute Gasteiger partial charge is 0.411 e. The van der Waals surface area contributed by atoms with Gasteiger partial charge in [0.2, 0.25) is 17.6 Å². The van der Waals surface area contributed by atoms with E-state index in [2.05, 4.69) is 26.0 Å². The molecule has 322 valence electrons. The van der Waals surface area contributed by atoms with Crippen LogP contribution in [0.3, 0.4) is 0 Å². The lowest BCUT2D eigenvalue weighted by molar-refractivity contribution is -0.231. The Morgan fingerprint density at radius 3 is 2.07 bits per heavy atom. The summed E-state index contributed by atoms with van der Waals surface area (Å²) in [5.74, 6) is -17.9. The van der Waals surface area contributed by atoms with Crippen LogP contribution in [0.4, 0.5) is 27.6 Å². The van der Waals surface area contributed by atoms with Crippen LogP contribution in [-0.4, -0.2) is 79.7 Å². The van der Waals surface area contributed by atoms with Crippen LogP contribution in [0.25, 0.3) is 22.5 Å². The first-order valence-corrected chi connectivity index (χ1v) is 19.3. The minimum Gasteiger partial charge on any atom is -0.477 e. The molecule has 2 aliphatic rings.